The van der Waals surface area contributed by atoms with Crippen LogP contribution >= 0.6 is 0 Å². The Balaban J connectivity index is 1.03. The van der Waals surface area contributed by atoms with Crippen molar-refractivity contribution >= 4 is 82.2 Å². The fourth-order valence-electron chi connectivity index (χ4n) is 11.1. The summed E-state index contributed by atoms with van der Waals surface area (Å²) in [5.74, 6) is 0.665. The summed E-state index contributed by atoms with van der Waals surface area (Å²) in [6.07, 6.45) is 8.71. The van der Waals surface area contributed by atoms with E-state index in [1.165, 1.54) is 66.1 Å². The van der Waals surface area contributed by atoms with Crippen molar-refractivity contribution in [2.75, 3.05) is 0 Å². The Morgan fingerprint density at radius 2 is 1.17 bits per heavy atom. The maximum Gasteiger partial charge on any atom is 0.235 e. The summed E-state index contributed by atoms with van der Waals surface area (Å²) in [4.78, 5) is 10.8. The molecule has 12 aromatic rings. The molecule has 0 spiro atoms. The molecule has 4 aromatic heterocycles. The molecule has 8 aromatic carbocycles. The van der Waals surface area contributed by atoms with Crippen LogP contribution in [0, 0.1) is 0 Å². The van der Waals surface area contributed by atoms with Crippen molar-refractivity contribution in [3.05, 3.63) is 193 Å². The van der Waals surface area contributed by atoms with Crippen LogP contribution in [-0.4, -0.2) is 19.1 Å². The summed E-state index contributed by atoms with van der Waals surface area (Å²) in [5.41, 5.74) is 18.0. The van der Waals surface area contributed by atoms with Crippen LogP contribution in [0.1, 0.15) is 37.8 Å². The topological polar surface area (TPSA) is 48.8 Å². The smallest absolute Gasteiger partial charge is 0.235 e. The zero-order valence-corrected chi connectivity index (χ0v) is 35.4. The minimum atomic E-state index is -0.168. The first-order chi connectivity index (χ1) is 31.5. The second-order valence-corrected chi connectivity index (χ2v) is 18.1. The fourth-order valence-corrected chi connectivity index (χ4v) is 11.1. The highest BCUT2D eigenvalue weighted by molar-refractivity contribution is 6.19. The van der Waals surface area contributed by atoms with Crippen molar-refractivity contribution < 1.29 is 4.42 Å². The van der Waals surface area contributed by atoms with Crippen LogP contribution in [0.2, 0.25) is 0 Å². The monoisotopic (exact) mass is 820 g/mol. The van der Waals surface area contributed by atoms with Gasteiger partial charge in [0, 0.05) is 60.4 Å². The van der Waals surface area contributed by atoms with Crippen molar-refractivity contribution in [3.63, 3.8) is 0 Å². The molecule has 0 amide bonds. The van der Waals surface area contributed by atoms with Crippen LogP contribution in [0.5, 0.6) is 0 Å². The predicted molar refractivity (Wildman–Crippen MR) is 265 cm³/mol. The van der Waals surface area contributed by atoms with Gasteiger partial charge in [-0.25, -0.2) is 9.97 Å². The molecule has 0 atom stereocenters. The van der Waals surface area contributed by atoms with Gasteiger partial charge >= 0.3 is 0 Å². The molecule has 0 radical (unpaired) electrons. The number of benzene rings is 8. The van der Waals surface area contributed by atoms with E-state index in [2.05, 4.69) is 199 Å². The molecule has 5 nitrogen and oxygen atoms in total. The Morgan fingerprint density at radius 1 is 0.484 bits per heavy atom. The lowest BCUT2D eigenvalue weighted by atomic mass is 9.82. The van der Waals surface area contributed by atoms with Crippen LogP contribution in [0.15, 0.2) is 186 Å². The van der Waals surface area contributed by atoms with E-state index in [4.69, 9.17) is 14.4 Å². The third-order valence-corrected chi connectivity index (χ3v) is 14.2. The van der Waals surface area contributed by atoms with Gasteiger partial charge in [-0.3, -0.25) is 4.57 Å². The fraction of sp³-hybridized carbons (Fsp3) is 0.0847. The molecule has 0 saturated heterocycles. The SMILES string of the molecule is CC1(C)c2ccccc2-c2cc3c4cc(-c5ccc6c(c5)c5cc7c(cc5n6C5=CC=CCC5)oc5ccccc57)ccc4n(-c4nc(-c5ccccc5)c5ccccc5n4)c3cc21. The van der Waals surface area contributed by atoms with Gasteiger partial charge in [-0.1, -0.05) is 129 Å². The molecule has 0 unspecified atom stereocenters. The standard InChI is InChI=1S/C59H40N4O/c1-59(2)48-22-12-9-19-39(48)42-31-45-44-30-37(26-28-52(44)63(53(45)33-49(42)59)58-60-50-23-13-10-21-41(50)57(61-58)35-15-5-3-6-16-35)36-25-27-51-43(29-36)46-32-47-40-20-11-14-24-55(40)64-56(47)34-54(46)62(51)38-17-7-4-8-18-38/h3-7,9-17,19-34H,8,18H2,1-2H3. The number of hydrogen-bond donors (Lipinski definition) is 0. The summed E-state index contributed by atoms with van der Waals surface area (Å²) >= 11 is 0. The third kappa shape index (κ3) is 4.95. The van der Waals surface area contributed by atoms with E-state index in [-0.39, 0.29) is 5.41 Å². The highest BCUT2D eigenvalue weighted by atomic mass is 16.3. The van der Waals surface area contributed by atoms with E-state index in [1.807, 2.05) is 6.07 Å². The minimum absolute atomic E-state index is 0.168. The maximum atomic E-state index is 6.45. The van der Waals surface area contributed by atoms with E-state index in [1.54, 1.807) is 0 Å². The first kappa shape index (κ1) is 35.6. The molecule has 5 heteroatoms. The number of para-hydroxylation sites is 2. The van der Waals surface area contributed by atoms with Crippen LogP contribution in [0.3, 0.4) is 0 Å². The maximum absolute atomic E-state index is 6.45. The van der Waals surface area contributed by atoms with Gasteiger partial charge in [-0.15, -0.1) is 0 Å². The molecule has 0 N–H and O–H groups in total. The second-order valence-electron chi connectivity index (χ2n) is 18.1. The quantitative estimate of drug-likeness (QED) is 0.178. The van der Waals surface area contributed by atoms with E-state index >= 15 is 0 Å². The summed E-state index contributed by atoms with van der Waals surface area (Å²) in [6, 6.07) is 59.5. The molecule has 0 saturated carbocycles. The highest BCUT2D eigenvalue weighted by Gasteiger charge is 2.36. The van der Waals surface area contributed by atoms with Gasteiger partial charge in [0.25, 0.3) is 0 Å². The lowest BCUT2D eigenvalue weighted by Gasteiger charge is -2.21. The first-order valence-electron chi connectivity index (χ1n) is 22.3. The molecule has 0 bridgehead atoms. The first-order valence-corrected chi connectivity index (χ1v) is 22.3. The minimum Gasteiger partial charge on any atom is -0.456 e. The number of nitrogens with zero attached hydrogens (tertiary/aromatic N) is 4. The summed E-state index contributed by atoms with van der Waals surface area (Å²) < 4.78 is 11.2. The molecule has 14 rings (SSSR count). The van der Waals surface area contributed by atoms with Crippen LogP contribution in [-0.2, 0) is 5.41 Å². The molecule has 0 fully saturated rings. The molecule has 0 aliphatic heterocycles. The molecule has 2 aliphatic carbocycles. The van der Waals surface area contributed by atoms with Crippen LogP contribution in [0.4, 0.5) is 0 Å². The number of fused-ring (bicyclic) bond motifs is 13. The highest BCUT2D eigenvalue weighted by Crippen LogP contribution is 2.51. The molecular weight excluding hydrogens is 781 g/mol. The van der Waals surface area contributed by atoms with Gasteiger partial charge < -0.3 is 8.98 Å². The lowest BCUT2D eigenvalue weighted by Crippen LogP contribution is -2.15. The van der Waals surface area contributed by atoms with E-state index in [0.717, 1.165) is 73.5 Å². The molecule has 2 aliphatic rings. The van der Waals surface area contributed by atoms with Gasteiger partial charge in [-0.2, -0.15) is 0 Å². The van der Waals surface area contributed by atoms with Gasteiger partial charge in [0.1, 0.15) is 11.2 Å². The van der Waals surface area contributed by atoms with Gasteiger partial charge in [-0.05, 0) is 107 Å². The molecule has 302 valence electrons. The molecule has 64 heavy (non-hydrogen) atoms. The third-order valence-electron chi connectivity index (χ3n) is 14.2. The average molecular weight is 821 g/mol. The zero-order chi connectivity index (χ0) is 42.3. The van der Waals surface area contributed by atoms with Crippen molar-refractivity contribution in [1.29, 1.82) is 0 Å². The van der Waals surface area contributed by atoms with Crippen LogP contribution in [0.25, 0.3) is 122 Å². The average Bonchev–Trinajstić information content (AvgIpc) is 4.04. The Labute approximate surface area is 368 Å². The number of rotatable bonds is 4. The summed E-state index contributed by atoms with van der Waals surface area (Å²) in [7, 11) is 0. The summed E-state index contributed by atoms with van der Waals surface area (Å²) in [6.45, 7) is 4.70. The number of allylic oxidation sites excluding steroid dienone is 4. The van der Waals surface area contributed by atoms with E-state index in [0.29, 0.717) is 5.95 Å². The number of furan rings is 1. The van der Waals surface area contributed by atoms with Crippen molar-refractivity contribution in [1.82, 2.24) is 19.1 Å². The van der Waals surface area contributed by atoms with E-state index in [9.17, 15) is 0 Å². The normalized spacial score (nSPS) is 14.4. The van der Waals surface area contributed by atoms with Crippen LogP contribution < -0.4 is 0 Å². The van der Waals surface area contributed by atoms with Gasteiger partial charge in [0.15, 0.2) is 0 Å². The largest absolute Gasteiger partial charge is 0.456 e. The Hall–Kier alpha value is -8.02. The summed E-state index contributed by atoms with van der Waals surface area (Å²) in [5, 5.41) is 8.13. The van der Waals surface area contributed by atoms with Gasteiger partial charge in [0.2, 0.25) is 5.95 Å². The van der Waals surface area contributed by atoms with Crippen molar-refractivity contribution in [2.45, 2.75) is 32.1 Å². The molecule has 4 heterocycles. The number of hydrogen-bond acceptors (Lipinski definition) is 3. The number of aromatic nitrogens is 4. The Bertz CT molecular complexity index is 4040. The van der Waals surface area contributed by atoms with Gasteiger partial charge in [0.05, 0.1) is 33.3 Å². The predicted octanol–water partition coefficient (Wildman–Crippen LogP) is 15.6. The van der Waals surface area contributed by atoms with Crippen molar-refractivity contribution in [2.24, 2.45) is 0 Å². The lowest BCUT2D eigenvalue weighted by molar-refractivity contribution is 0.661. The molecular formula is C59H40N4O. The second kappa shape index (κ2) is 13.0. The van der Waals surface area contributed by atoms with Crippen molar-refractivity contribution in [3.8, 4) is 39.5 Å². The Kier molecular flexibility index (Phi) is 7.23. The Morgan fingerprint density at radius 3 is 1.98 bits per heavy atom. The zero-order valence-electron chi connectivity index (χ0n) is 35.4. The van der Waals surface area contributed by atoms with E-state index < -0.39 is 0 Å².